The number of nitrogens with zero attached hydrogens (tertiary/aromatic N) is 1. The average molecular weight is 307 g/mol. The summed E-state index contributed by atoms with van der Waals surface area (Å²) in [5, 5.41) is 4.46. The molecule has 1 aromatic carbocycles. The molecule has 2 aromatic rings. The minimum atomic E-state index is -0.358. The molecule has 0 saturated carbocycles. The number of aryl methyl sites for hydroxylation is 2. The Kier molecular flexibility index (Phi) is 5.00. The summed E-state index contributed by atoms with van der Waals surface area (Å²) in [5.41, 5.74) is 4.16. The topological polar surface area (TPSA) is 63.8 Å². The van der Waals surface area contributed by atoms with E-state index in [2.05, 4.69) is 10.5 Å². The van der Waals surface area contributed by atoms with Crippen molar-refractivity contribution in [2.45, 2.75) is 13.8 Å². The van der Waals surface area contributed by atoms with E-state index < -0.39 is 0 Å². The maximum atomic E-state index is 11.6. The number of carbonyl (C=O) groups excluding carboxylic acids is 1. The highest BCUT2D eigenvalue weighted by molar-refractivity contribution is 6.32. The van der Waals surface area contributed by atoms with Crippen molar-refractivity contribution in [2.24, 2.45) is 5.10 Å². The predicted octanol–water partition coefficient (Wildman–Crippen LogP) is 3.08. The Morgan fingerprint density at radius 1 is 1.43 bits per heavy atom. The lowest BCUT2D eigenvalue weighted by atomic mass is 10.1. The van der Waals surface area contributed by atoms with Crippen molar-refractivity contribution < 1.29 is 13.9 Å². The second-order valence-corrected chi connectivity index (χ2v) is 4.85. The summed E-state index contributed by atoms with van der Waals surface area (Å²) in [6.45, 7) is 3.64. The number of hydrogen-bond acceptors (Lipinski definition) is 4. The van der Waals surface area contributed by atoms with E-state index in [9.17, 15) is 4.79 Å². The van der Waals surface area contributed by atoms with Gasteiger partial charge in [0.2, 0.25) is 0 Å². The van der Waals surface area contributed by atoms with Crippen LogP contribution < -0.4 is 10.2 Å². The molecule has 110 valence electrons. The van der Waals surface area contributed by atoms with Gasteiger partial charge in [-0.2, -0.15) is 5.10 Å². The third-order valence-electron chi connectivity index (χ3n) is 2.70. The van der Waals surface area contributed by atoms with Crippen LogP contribution in [-0.2, 0) is 4.79 Å². The zero-order chi connectivity index (χ0) is 15.2. The molecule has 0 bridgehead atoms. The van der Waals surface area contributed by atoms with Crippen molar-refractivity contribution in [3.63, 3.8) is 0 Å². The van der Waals surface area contributed by atoms with Gasteiger partial charge in [-0.1, -0.05) is 11.6 Å². The molecule has 1 heterocycles. The Bertz CT molecular complexity index is 628. The van der Waals surface area contributed by atoms with Crippen molar-refractivity contribution in [2.75, 3.05) is 6.61 Å². The zero-order valence-corrected chi connectivity index (χ0v) is 12.5. The van der Waals surface area contributed by atoms with Crippen LogP contribution in [0.2, 0.25) is 5.02 Å². The molecular weight excluding hydrogens is 292 g/mol. The molecule has 21 heavy (non-hydrogen) atoms. The molecule has 0 saturated heterocycles. The molecule has 0 aliphatic rings. The minimum Gasteiger partial charge on any atom is -0.484 e. The van der Waals surface area contributed by atoms with E-state index in [1.807, 2.05) is 13.8 Å². The highest BCUT2D eigenvalue weighted by Crippen LogP contribution is 2.25. The van der Waals surface area contributed by atoms with Crippen LogP contribution in [0.3, 0.4) is 0 Å². The van der Waals surface area contributed by atoms with Crippen LogP contribution in [0.4, 0.5) is 0 Å². The van der Waals surface area contributed by atoms with E-state index in [-0.39, 0.29) is 12.5 Å². The van der Waals surface area contributed by atoms with E-state index in [0.29, 0.717) is 16.5 Å². The highest BCUT2D eigenvalue weighted by atomic mass is 35.5. The number of carbonyl (C=O) groups is 1. The van der Waals surface area contributed by atoms with Gasteiger partial charge in [-0.05, 0) is 49.2 Å². The second-order valence-electron chi connectivity index (χ2n) is 4.47. The van der Waals surface area contributed by atoms with Gasteiger partial charge >= 0.3 is 0 Å². The first-order valence-corrected chi connectivity index (χ1v) is 6.69. The van der Waals surface area contributed by atoms with E-state index in [1.54, 1.807) is 24.3 Å². The van der Waals surface area contributed by atoms with Crippen LogP contribution in [0.5, 0.6) is 5.75 Å². The fourth-order valence-corrected chi connectivity index (χ4v) is 1.81. The summed E-state index contributed by atoms with van der Waals surface area (Å²) in [7, 11) is 0. The molecule has 0 aliphatic carbocycles. The summed E-state index contributed by atoms with van der Waals surface area (Å²) in [6, 6.07) is 7.03. The lowest BCUT2D eigenvalue weighted by Crippen LogP contribution is -2.24. The van der Waals surface area contributed by atoms with Gasteiger partial charge in [0, 0.05) is 5.02 Å². The van der Waals surface area contributed by atoms with Crippen LogP contribution in [-0.4, -0.2) is 18.7 Å². The number of hydrazone groups is 1. The monoisotopic (exact) mass is 306 g/mol. The smallest absolute Gasteiger partial charge is 0.277 e. The molecule has 0 aliphatic heterocycles. The number of amides is 1. The van der Waals surface area contributed by atoms with Gasteiger partial charge in [0.15, 0.2) is 6.61 Å². The molecule has 6 heteroatoms. The predicted molar refractivity (Wildman–Crippen MR) is 80.9 cm³/mol. The second kappa shape index (κ2) is 6.95. The molecule has 0 radical (unpaired) electrons. The van der Waals surface area contributed by atoms with E-state index in [0.717, 1.165) is 11.1 Å². The number of rotatable bonds is 5. The summed E-state index contributed by atoms with van der Waals surface area (Å²) in [5.74, 6) is 0.794. The fraction of sp³-hybridized carbons (Fsp3) is 0.200. The van der Waals surface area contributed by atoms with Gasteiger partial charge in [0.05, 0.1) is 12.5 Å². The van der Waals surface area contributed by atoms with Crippen LogP contribution in [0.25, 0.3) is 0 Å². The van der Waals surface area contributed by atoms with Gasteiger partial charge in [0.25, 0.3) is 5.91 Å². The fourth-order valence-electron chi connectivity index (χ4n) is 1.70. The maximum absolute atomic E-state index is 11.6. The Hall–Kier alpha value is -2.27. The van der Waals surface area contributed by atoms with Crippen molar-refractivity contribution in [1.29, 1.82) is 0 Å². The van der Waals surface area contributed by atoms with Crippen molar-refractivity contribution in [3.8, 4) is 5.75 Å². The molecule has 1 N–H and O–H groups in total. The van der Waals surface area contributed by atoms with E-state index in [1.165, 1.54) is 12.5 Å². The number of hydrogen-bond donors (Lipinski definition) is 1. The SMILES string of the molecule is Cc1cc(OCC(=O)N/N=C\c2ccco2)cc(C)c1Cl. The molecule has 0 spiro atoms. The number of nitrogens with one attached hydrogen (secondary N) is 1. The van der Waals surface area contributed by atoms with Crippen LogP contribution in [0.1, 0.15) is 16.9 Å². The van der Waals surface area contributed by atoms with Crippen LogP contribution >= 0.6 is 11.6 Å². The third kappa shape index (κ3) is 4.36. The molecule has 1 amide bonds. The first kappa shape index (κ1) is 15.1. The summed E-state index contributed by atoms with van der Waals surface area (Å²) >= 11 is 6.07. The summed E-state index contributed by atoms with van der Waals surface area (Å²) in [6.07, 6.45) is 2.94. The number of ether oxygens (including phenoxy) is 1. The van der Waals surface area contributed by atoms with Crippen molar-refractivity contribution in [3.05, 3.63) is 52.4 Å². The van der Waals surface area contributed by atoms with Crippen molar-refractivity contribution >= 4 is 23.7 Å². The minimum absolute atomic E-state index is 0.129. The number of furan rings is 1. The third-order valence-corrected chi connectivity index (χ3v) is 3.30. The lowest BCUT2D eigenvalue weighted by Gasteiger charge is -2.09. The molecule has 0 unspecified atom stereocenters. The molecule has 1 aromatic heterocycles. The molecular formula is C15H15ClN2O3. The molecule has 5 nitrogen and oxygen atoms in total. The Labute approximate surface area is 127 Å². The molecule has 0 atom stereocenters. The zero-order valence-electron chi connectivity index (χ0n) is 11.7. The van der Waals surface area contributed by atoms with E-state index in [4.69, 9.17) is 20.8 Å². The summed E-state index contributed by atoms with van der Waals surface area (Å²) < 4.78 is 10.4. The molecule has 0 fully saturated rings. The van der Waals surface area contributed by atoms with Gasteiger partial charge in [-0.25, -0.2) is 5.43 Å². The first-order chi connectivity index (χ1) is 10.1. The highest BCUT2D eigenvalue weighted by Gasteiger charge is 2.06. The van der Waals surface area contributed by atoms with Gasteiger partial charge in [0.1, 0.15) is 11.5 Å². The van der Waals surface area contributed by atoms with Crippen LogP contribution in [0, 0.1) is 13.8 Å². The largest absolute Gasteiger partial charge is 0.484 e. The quantitative estimate of drug-likeness (QED) is 0.682. The standard InChI is InChI=1S/C15H15ClN2O3/c1-10-6-13(7-11(2)15(10)16)21-9-14(19)18-17-8-12-4-3-5-20-12/h3-8H,9H2,1-2H3,(H,18,19)/b17-8-. The Morgan fingerprint density at radius 2 is 2.14 bits per heavy atom. The lowest BCUT2D eigenvalue weighted by molar-refractivity contribution is -0.123. The normalized spacial score (nSPS) is 10.8. The Morgan fingerprint density at radius 3 is 2.76 bits per heavy atom. The van der Waals surface area contributed by atoms with Gasteiger partial charge in [-0.3, -0.25) is 4.79 Å². The van der Waals surface area contributed by atoms with Crippen molar-refractivity contribution in [1.82, 2.24) is 5.43 Å². The Balaban J connectivity index is 1.84. The molecule has 2 rings (SSSR count). The first-order valence-electron chi connectivity index (χ1n) is 6.31. The average Bonchev–Trinajstić information content (AvgIpc) is 2.95. The van der Waals surface area contributed by atoms with Crippen LogP contribution in [0.15, 0.2) is 40.0 Å². The summed E-state index contributed by atoms with van der Waals surface area (Å²) in [4.78, 5) is 11.6. The number of benzene rings is 1. The van der Waals surface area contributed by atoms with Gasteiger partial charge < -0.3 is 9.15 Å². The maximum Gasteiger partial charge on any atom is 0.277 e. The van der Waals surface area contributed by atoms with E-state index >= 15 is 0 Å². The van der Waals surface area contributed by atoms with Gasteiger partial charge in [-0.15, -0.1) is 0 Å². The number of halogens is 1.